The minimum Gasteiger partial charge on any atom is -0.335 e. The maximum Gasteiger partial charge on any atom is 0.112 e. The summed E-state index contributed by atoms with van der Waals surface area (Å²) in [5.41, 5.74) is 6.81. The van der Waals surface area contributed by atoms with Crippen LogP contribution in [0.25, 0.3) is 0 Å². The molecule has 84 valence electrons. The molecule has 3 nitrogen and oxygen atoms in total. The van der Waals surface area contributed by atoms with Crippen molar-refractivity contribution in [2.75, 3.05) is 6.54 Å². The molecule has 1 aromatic heterocycles. The average Bonchev–Trinajstić information content (AvgIpc) is 2.63. The highest BCUT2D eigenvalue weighted by Gasteiger charge is 2.02. The lowest BCUT2D eigenvalue weighted by Crippen LogP contribution is -2.03. The third-order valence-corrected chi connectivity index (χ3v) is 2.36. The first kappa shape index (κ1) is 12.0. The summed E-state index contributed by atoms with van der Waals surface area (Å²) in [7, 11) is 0. The van der Waals surface area contributed by atoms with E-state index >= 15 is 0 Å². The van der Waals surface area contributed by atoms with E-state index in [4.69, 9.17) is 5.73 Å². The Kier molecular flexibility index (Phi) is 5.12. The van der Waals surface area contributed by atoms with Gasteiger partial charge < -0.3 is 10.3 Å². The van der Waals surface area contributed by atoms with Gasteiger partial charge in [-0.2, -0.15) is 0 Å². The van der Waals surface area contributed by atoms with Gasteiger partial charge in [0.2, 0.25) is 0 Å². The minimum atomic E-state index is 0.723. The standard InChI is InChI=1S/C12H21N3/c1-3-8-15-9-7-14-12(15)10-11(2)5-4-6-13/h5,7,9H,3-4,6,8,10,13H2,1-2H3. The molecule has 0 spiro atoms. The number of nitrogens with two attached hydrogens (primary N) is 1. The lowest BCUT2D eigenvalue weighted by atomic mass is 10.1. The van der Waals surface area contributed by atoms with Gasteiger partial charge in [-0.3, -0.25) is 0 Å². The van der Waals surface area contributed by atoms with Gasteiger partial charge in [-0.05, 0) is 26.3 Å². The quantitative estimate of drug-likeness (QED) is 0.726. The lowest BCUT2D eigenvalue weighted by molar-refractivity contribution is 0.645. The van der Waals surface area contributed by atoms with Crippen LogP contribution in [-0.4, -0.2) is 16.1 Å². The Labute approximate surface area is 92.0 Å². The summed E-state index contributed by atoms with van der Waals surface area (Å²) in [6, 6.07) is 0. The molecule has 0 atom stereocenters. The first-order valence-electron chi connectivity index (χ1n) is 5.63. The molecule has 0 aromatic carbocycles. The Morgan fingerprint density at radius 2 is 2.40 bits per heavy atom. The van der Waals surface area contributed by atoms with Gasteiger partial charge in [-0.25, -0.2) is 4.98 Å². The molecule has 1 heterocycles. The SMILES string of the molecule is CCCn1ccnc1CC(C)=CCCN. The largest absolute Gasteiger partial charge is 0.335 e. The zero-order chi connectivity index (χ0) is 11.1. The Morgan fingerprint density at radius 3 is 3.07 bits per heavy atom. The highest BCUT2D eigenvalue weighted by Crippen LogP contribution is 2.07. The monoisotopic (exact) mass is 207 g/mol. The van der Waals surface area contributed by atoms with E-state index < -0.39 is 0 Å². The van der Waals surface area contributed by atoms with Crippen molar-refractivity contribution >= 4 is 0 Å². The number of imidazole rings is 1. The maximum atomic E-state index is 5.46. The van der Waals surface area contributed by atoms with Gasteiger partial charge in [0.05, 0.1) is 0 Å². The summed E-state index contributed by atoms with van der Waals surface area (Å²) in [4.78, 5) is 4.37. The van der Waals surface area contributed by atoms with Crippen LogP contribution >= 0.6 is 0 Å². The molecule has 0 amide bonds. The molecule has 0 aliphatic carbocycles. The Hall–Kier alpha value is -1.09. The number of hydrogen-bond donors (Lipinski definition) is 1. The van der Waals surface area contributed by atoms with E-state index in [9.17, 15) is 0 Å². The Bertz CT molecular complexity index is 312. The molecule has 0 saturated carbocycles. The van der Waals surface area contributed by atoms with Crippen LogP contribution < -0.4 is 5.73 Å². The average molecular weight is 207 g/mol. The number of aryl methyl sites for hydroxylation is 1. The van der Waals surface area contributed by atoms with Crippen LogP contribution in [-0.2, 0) is 13.0 Å². The van der Waals surface area contributed by atoms with Crippen molar-refractivity contribution in [1.82, 2.24) is 9.55 Å². The Morgan fingerprint density at radius 1 is 1.60 bits per heavy atom. The normalized spacial score (nSPS) is 12.1. The minimum absolute atomic E-state index is 0.723. The van der Waals surface area contributed by atoms with Crippen LogP contribution in [0.4, 0.5) is 0 Å². The molecule has 1 aromatic rings. The second-order valence-corrected chi connectivity index (χ2v) is 3.84. The molecule has 0 bridgehead atoms. The van der Waals surface area contributed by atoms with E-state index in [1.165, 1.54) is 5.57 Å². The fourth-order valence-electron chi connectivity index (χ4n) is 1.60. The Balaban J connectivity index is 2.59. The third-order valence-electron chi connectivity index (χ3n) is 2.36. The van der Waals surface area contributed by atoms with Crippen LogP contribution in [0.2, 0.25) is 0 Å². The summed E-state index contributed by atoms with van der Waals surface area (Å²) in [6.07, 6.45) is 9.17. The highest BCUT2D eigenvalue weighted by atomic mass is 15.1. The molecule has 1 rings (SSSR count). The number of allylic oxidation sites excluding steroid dienone is 1. The summed E-state index contributed by atoms with van der Waals surface area (Å²) in [5, 5.41) is 0. The fraction of sp³-hybridized carbons (Fsp3) is 0.583. The second kappa shape index (κ2) is 6.40. The van der Waals surface area contributed by atoms with E-state index in [0.29, 0.717) is 0 Å². The van der Waals surface area contributed by atoms with E-state index in [-0.39, 0.29) is 0 Å². The molecule has 0 aliphatic rings. The molecule has 2 N–H and O–H groups in total. The predicted octanol–water partition coefficient (Wildman–Crippen LogP) is 2.13. The zero-order valence-electron chi connectivity index (χ0n) is 9.74. The van der Waals surface area contributed by atoms with Crippen LogP contribution in [0.15, 0.2) is 24.0 Å². The molecule has 3 heteroatoms. The molecule has 0 saturated heterocycles. The molecule has 0 radical (unpaired) electrons. The van der Waals surface area contributed by atoms with Gasteiger partial charge in [0.1, 0.15) is 5.82 Å². The van der Waals surface area contributed by atoms with Gasteiger partial charge in [-0.15, -0.1) is 0 Å². The van der Waals surface area contributed by atoms with E-state index in [1.807, 2.05) is 6.20 Å². The van der Waals surface area contributed by atoms with E-state index in [2.05, 4.69) is 35.7 Å². The van der Waals surface area contributed by atoms with E-state index in [0.717, 1.165) is 38.2 Å². The predicted molar refractivity (Wildman–Crippen MR) is 63.7 cm³/mol. The summed E-state index contributed by atoms with van der Waals surface area (Å²) in [5.74, 6) is 1.16. The van der Waals surface area contributed by atoms with Gasteiger partial charge in [0.25, 0.3) is 0 Å². The highest BCUT2D eigenvalue weighted by molar-refractivity contribution is 5.08. The van der Waals surface area contributed by atoms with Gasteiger partial charge in [0, 0.05) is 25.4 Å². The van der Waals surface area contributed by atoms with Gasteiger partial charge in [-0.1, -0.05) is 18.6 Å². The van der Waals surface area contributed by atoms with Crippen molar-refractivity contribution in [2.24, 2.45) is 5.73 Å². The molecular weight excluding hydrogens is 186 g/mol. The van der Waals surface area contributed by atoms with Crippen molar-refractivity contribution in [3.63, 3.8) is 0 Å². The number of aromatic nitrogens is 2. The van der Waals surface area contributed by atoms with Crippen molar-refractivity contribution in [2.45, 2.75) is 39.7 Å². The molecular formula is C12H21N3. The van der Waals surface area contributed by atoms with Crippen molar-refractivity contribution in [1.29, 1.82) is 0 Å². The molecule has 15 heavy (non-hydrogen) atoms. The van der Waals surface area contributed by atoms with Crippen LogP contribution in [0.3, 0.4) is 0 Å². The smallest absolute Gasteiger partial charge is 0.112 e. The van der Waals surface area contributed by atoms with Crippen LogP contribution in [0.1, 0.15) is 32.5 Å². The summed E-state index contributed by atoms with van der Waals surface area (Å²) >= 11 is 0. The molecule has 0 unspecified atom stereocenters. The number of rotatable bonds is 6. The number of hydrogen-bond acceptors (Lipinski definition) is 2. The molecule has 0 fully saturated rings. The first-order chi connectivity index (χ1) is 7.27. The summed E-state index contributed by atoms with van der Waals surface area (Å²) in [6.45, 7) is 6.10. The number of nitrogens with zero attached hydrogens (tertiary/aromatic N) is 2. The van der Waals surface area contributed by atoms with E-state index in [1.54, 1.807) is 0 Å². The van der Waals surface area contributed by atoms with Gasteiger partial charge in [0.15, 0.2) is 0 Å². The van der Waals surface area contributed by atoms with Crippen LogP contribution in [0, 0.1) is 0 Å². The van der Waals surface area contributed by atoms with Crippen LogP contribution in [0.5, 0.6) is 0 Å². The van der Waals surface area contributed by atoms with Crippen molar-refractivity contribution in [3.8, 4) is 0 Å². The zero-order valence-corrected chi connectivity index (χ0v) is 9.74. The van der Waals surface area contributed by atoms with Gasteiger partial charge >= 0.3 is 0 Å². The first-order valence-corrected chi connectivity index (χ1v) is 5.63. The topological polar surface area (TPSA) is 43.8 Å². The lowest BCUT2D eigenvalue weighted by Gasteiger charge is -2.06. The molecule has 0 aliphatic heterocycles. The fourth-order valence-corrected chi connectivity index (χ4v) is 1.60. The summed E-state index contributed by atoms with van der Waals surface area (Å²) < 4.78 is 2.22. The van der Waals surface area contributed by atoms with Crippen molar-refractivity contribution in [3.05, 3.63) is 29.9 Å². The second-order valence-electron chi connectivity index (χ2n) is 3.84. The third kappa shape index (κ3) is 3.88. The van der Waals surface area contributed by atoms with Crippen molar-refractivity contribution < 1.29 is 0 Å². The maximum absolute atomic E-state index is 5.46.